The second-order valence-corrected chi connectivity index (χ2v) is 7.21. The van der Waals surface area contributed by atoms with Gasteiger partial charge in [0.15, 0.2) is 0 Å². The fraction of sp³-hybridized carbons (Fsp3) is 0.500. The van der Waals surface area contributed by atoms with Crippen LogP contribution in [0, 0.1) is 0 Å². The van der Waals surface area contributed by atoms with Gasteiger partial charge in [0.1, 0.15) is 0 Å². The zero-order valence-electron chi connectivity index (χ0n) is 19.6. The van der Waals surface area contributed by atoms with Crippen LogP contribution in [0.25, 0.3) is 0 Å². The summed E-state index contributed by atoms with van der Waals surface area (Å²) in [4.78, 5) is 42.8. The zero-order chi connectivity index (χ0) is 25.1. The molecule has 8 nitrogen and oxygen atoms in total. The van der Waals surface area contributed by atoms with Crippen LogP contribution in [0.5, 0.6) is 0 Å². The fourth-order valence-corrected chi connectivity index (χ4v) is 1.88. The molecule has 0 unspecified atom stereocenters. The summed E-state index contributed by atoms with van der Waals surface area (Å²) < 4.78 is 9.72. The molecule has 0 bridgehead atoms. The van der Waals surface area contributed by atoms with E-state index in [0.29, 0.717) is 48.3 Å². The molecule has 0 aliphatic heterocycles. The number of hydrogen-bond donors (Lipinski definition) is 2. The molecule has 32 heavy (non-hydrogen) atoms. The van der Waals surface area contributed by atoms with E-state index in [9.17, 15) is 19.2 Å². The highest BCUT2D eigenvalue weighted by molar-refractivity contribution is 5.87. The number of aliphatic carboxylic acids is 2. The number of rotatable bonds is 14. The van der Waals surface area contributed by atoms with Crippen molar-refractivity contribution in [3.8, 4) is 0 Å². The van der Waals surface area contributed by atoms with Gasteiger partial charge >= 0.3 is 23.9 Å². The Hall–Kier alpha value is -3.16. The molecule has 0 heterocycles. The Balaban J connectivity index is 0. The van der Waals surface area contributed by atoms with E-state index >= 15 is 0 Å². The molecule has 0 radical (unpaired) electrons. The van der Waals surface area contributed by atoms with Crippen molar-refractivity contribution in [1.29, 1.82) is 0 Å². The Morgan fingerprint density at radius 3 is 1.22 bits per heavy atom. The Labute approximate surface area is 190 Å². The third kappa shape index (κ3) is 18.8. The lowest BCUT2D eigenvalue weighted by Crippen LogP contribution is -2.09. The minimum absolute atomic E-state index is 0.316. The van der Waals surface area contributed by atoms with Crippen LogP contribution in [0.4, 0.5) is 0 Å². The number of esters is 2. The summed E-state index contributed by atoms with van der Waals surface area (Å²) in [5, 5.41) is 17.2. The van der Waals surface area contributed by atoms with E-state index in [-0.39, 0.29) is 11.9 Å². The molecule has 2 N–H and O–H groups in total. The van der Waals surface area contributed by atoms with E-state index in [1.165, 1.54) is 0 Å². The van der Waals surface area contributed by atoms with Crippen molar-refractivity contribution in [2.75, 3.05) is 13.2 Å². The van der Waals surface area contributed by atoms with E-state index in [1.54, 1.807) is 39.8 Å². The van der Waals surface area contributed by atoms with Gasteiger partial charge in [0.25, 0.3) is 0 Å². The maximum absolute atomic E-state index is 11.0. The van der Waals surface area contributed by atoms with Crippen molar-refractivity contribution in [3.05, 3.63) is 47.6 Å². The zero-order valence-corrected chi connectivity index (χ0v) is 19.6. The van der Waals surface area contributed by atoms with Gasteiger partial charge in [-0.15, -0.1) is 0 Å². The summed E-state index contributed by atoms with van der Waals surface area (Å²) in [5.41, 5.74) is 1.48. The molecular formula is C24H36O8. The van der Waals surface area contributed by atoms with Crippen LogP contribution in [-0.2, 0) is 28.7 Å². The van der Waals surface area contributed by atoms with Crippen molar-refractivity contribution in [2.45, 2.75) is 66.2 Å². The third-order valence-corrected chi connectivity index (χ3v) is 3.94. The highest BCUT2D eigenvalue weighted by atomic mass is 16.5. The first kappa shape index (κ1) is 31.0. The molecule has 0 aliphatic carbocycles. The van der Waals surface area contributed by atoms with Gasteiger partial charge in [-0.25, -0.2) is 19.2 Å². The molecule has 0 aromatic carbocycles. The second-order valence-electron chi connectivity index (χ2n) is 7.21. The van der Waals surface area contributed by atoms with Crippen LogP contribution in [-0.4, -0.2) is 47.3 Å². The number of carbonyl (C=O) groups excluding carboxylic acids is 2. The number of hydrogen-bond acceptors (Lipinski definition) is 6. The highest BCUT2D eigenvalue weighted by Gasteiger charge is 2.04. The summed E-state index contributed by atoms with van der Waals surface area (Å²) >= 11 is 0. The van der Waals surface area contributed by atoms with Gasteiger partial charge in [-0.05, 0) is 66.2 Å². The standard InChI is InChI=1S/2C12H18O4/c1-9(2)11(13)15-7-5-6-8-16-12(14)10(3)4;1-9(11(13)14)7-5-3-4-6-8-10(2)12(15)16/h1,3,5-8H2,2,4H3;7-8H,3-6H2,1-2H3,(H,13,14)(H,15,16). The van der Waals surface area contributed by atoms with Gasteiger partial charge in [-0.1, -0.05) is 25.3 Å². The van der Waals surface area contributed by atoms with Crippen molar-refractivity contribution in [3.63, 3.8) is 0 Å². The first-order valence-corrected chi connectivity index (χ1v) is 10.4. The van der Waals surface area contributed by atoms with Gasteiger partial charge < -0.3 is 19.7 Å². The number of unbranched alkanes of at least 4 members (excludes halogenated alkanes) is 4. The van der Waals surface area contributed by atoms with E-state index in [0.717, 1.165) is 25.7 Å². The Morgan fingerprint density at radius 2 is 0.969 bits per heavy atom. The molecule has 0 spiro atoms. The van der Waals surface area contributed by atoms with E-state index in [1.807, 2.05) is 0 Å². The van der Waals surface area contributed by atoms with Crippen LogP contribution < -0.4 is 0 Å². The molecular weight excluding hydrogens is 416 g/mol. The van der Waals surface area contributed by atoms with E-state index < -0.39 is 11.9 Å². The first-order chi connectivity index (χ1) is 14.9. The minimum atomic E-state index is -0.887. The lowest BCUT2D eigenvalue weighted by atomic mass is 10.1. The van der Waals surface area contributed by atoms with Crippen LogP contribution in [0.2, 0.25) is 0 Å². The SMILES string of the molecule is C=C(C)C(=O)OCCCCOC(=O)C(=C)C.CC(=CCCCCC=C(C)C(=O)O)C(=O)O. The number of carboxylic acid groups (broad SMARTS) is 2. The fourth-order valence-electron chi connectivity index (χ4n) is 1.88. The predicted molar refractivity (Wildman–Crippen MR) is 122 cm³/mol. The van der Waals surface area contributed by atoms with Crippen molar-refractivity contribution < 1.29 is 38.9 Å². The third-order valence-electron chi connectivity index (χ3n) is 3.94. The lowest BCUT2D eigenvalue weighted by Gasteiger charge is -2.05. The maximum Gasteiger partial charge on any atom is 0.333 e. The topological polar surface area (TPSA) is 127 Å². The molecule has 0 aromatic heterocycles. The molecule has 0 rings (SSSR count). The average molecular weight is 453 g/mol. The summed E-state index contributed by atoms with van der Waals surface area (Å²) in [5.74, 6) is -2.55. The van der Waals surface area contributed by atoms with Crippen LogP contribution in [0.1, 0.15) is 66.2 Å². The van der Waals surface area contributed by atoms with Gasteiger partial charge in [0, 0.05) is 22.3 Å². The van der Waals surface area contributed by atoms with Crippen LogP contribution >= 0.6 is 0 Å². The molecule has 0 saturated carbocycles. The predicted octanol–water partition coefficient (Wildman–Crippen LogP) is 4.61. The Bertz CT molecular complexity index is 666. The van der Waals surface area contributed by atoms with E-state index in [4.69, 9.17) is 19.7 Å². The lowest BCUT2D eigenvalue weighted by molar-refractivity contribution is -0.141. The van der Waals surface area contributed by atoms with Gasteiger partial charge in [-0.2, -0.15) is 0 Å². The largest absolute Gasteiger partial charge is 0.478 e. The van der Waals surface area contributed by atoms with Gasteiger partial charge in [0.05, 0.1) is 13.2 Å². The molecule has 0 fully saturated rings. The molecule has 0 aromatic rings. The van der Waals surface area contributed by atoms with E-state index in [2.05, 4.69) is 13.2 Å². The van der Waals surface area contributed by atoms with Crippen molar-refractivity contribution in [1.82, 2.24) is 0 Å². The summed E-state index contributed by atoms with van der Waals surface area (Å²) in [6, 6.07) is 0. The smallest absolute Gasteiger partial charge is 0.333 e. The summed E-state index contributed by atoms with van der Waals surface area (Å²) in [7, 11) is 0. The number of carbonyl (C=O) groups is 4. The Kier molecular flexibility index (Phi) is 18.0. The second kappa shape index (κ2) is 18.6. The molecule has 0 saturated heterocycles. The normalized spacial score (nSPS) is 11.0. The van der Waals surface area contributed by atoms with Crippen LogP contribution in [0.3, 0.4) is 0 Å². The van der Waals surface area contributed by atoms with Gasteiger partial charge in [-0.3, -0.25) is 0 Å². The van der Waals surface area contributed by atoms with Gasteiger partial charge in [0.2, 0.25) is 0 Å². The van der Waals surface area contributed by atoms with Crippen LogP contribution in [0.15, 0.2) is 47.6 Å². The molecule has 0 amide bonds. The summed E-state index contributed by atoms with van der Waals surface area (Å²) in [6.07, 6.45) is 7.87. The van der Waals surface area contributed by atoms with Crippen molar-refractivity contribution in [2.24, 2.45) is 0 Å². The van der Waals surface area contributed by atoms with Crippen molar-refractivity contribution >= 4 is 23.9 Å². The maximum atomic E-state index is 11.0. The molecule has 0 atom stereocenters. The first-order valence-electron chi connectivity index (χ1n) is 10.4. The number of ether oxygens (including phenoxy) is 2. The molecule has 8 heteroatoms. The Morgan fingerprint density at radius 1 is 0.656 bits per heavy atom. The molecule has 180 valence electrons. The quantitative estimate of drug-likeness (QED) is 0.222. The highest BCUT2D eigenvalue weighted by Crippen LogP contribution is 2.06. The monoisotopic (exact) mass is 452 g/mol. The number of carboxylic acids is 2. The average Bonchev–Trinajstić information content (AvgIpc) is 2.72. The number of allylic oxidation sites excluding steroid dienone is 2. The molecule has 0 aliphatic rings. The summed E-state index contributed by atoms with van der Waals surface area (Å²) in [6.45, 7) is 13.9. The minimum Gasteiger partial charge on any atom is -0.478 e.